The third-order valence-corrected chi connectivity index (χ3v) is 5.42. The summed E-state index contributed by atoms with van der Waals surface area (Å²) in [7, 11) is 1.62. The highest BCUT2D eigenvalue weighted by Gasteiger charge is 2.30. The van der Waals surface area contributed by atoms with Crippen LogP contribution in [0.4, 0.5) is 18.9 Å². The molecule has 1 saturated heterocycles. The molecule has 1 amide bonds. The lowest BCUT2D eigenvalue weighted by molar-refractivity contribution is -0.137. The van der Waals surface area contributed by atoms with Crippen LogP contribution in [0.15, 0.2) is 59.7 Å². The minimum atomic E-state index is -4.47. The molecule has 0 atom stereocenters. The number of allylic oxidation sites excluding steroid dienone is 1. The lowest BCUT2D eigenvalue weighted by Gasteiger charge is -2.26. The Labute approximate surface area is 202 Å². The van der Waals surface area contributed by atoms with Crippen LogP contribution in [0.5, 0.6) is 5.75 Å². The predicted molar refractivity (Wildman–Crippen MR) is 129 cm³/mol. The van der Waals surface area contributed by atoms with Crippen molar-refractivity contribution in [2.45, 2.75) is 12.6 Å². The van der Waals surface area contributed by atoms with E-state index in [1.54, 1.807) is 31.3 Å². The van der Waals surface area contributed by atoms with E-state index in [0.717, 1.165) is 31.8 Å². The Balaban J connectivity index is 1.71. The summed E-state index contributed by atoms with van der Waals surface area (Å²) in [6.45, 7) is 4.30. The molecular formula is C25H29F3N4O3. The van der Waals surface area contributed by atoms with E-state index >= 15 is 0 Å². The van der Waals surface area contributed by atoms with Crippen molar-refractivity contribution in [1.82, 2.24) is 4.90 Å². The smallest absolute Gasteiger partial charge is 0.416 e. The number of nitrogens with zero attached hydrogens (tertiary/aromatic N) is 2. The summed E-state index contributed by atoms with van der Waals surface area (Å²) in [4.78, 5) is 19.0. The number of ether oxygens (including phenoxy) is 2. The number of amides is 1. The van der Waals surface area contributed by atoms with Gasteiger partial charge in [0.05, 0.1) is 30.9 Å². The first-order valence-corrected chi connectivity index (χ1v) is 11.2. The Bertz CT molecular complexity index is 1060. The van der Waals surface area contributed by atoms with Crippen molar-refractivity contribution in [1.29, 1.82) is 0 Å². The van der Waals surface area contributed by atoms with Gasteiger partial charge in [0.2, 0.25) is 5.91 Å². The van der Waals surface area contributed by atoms with Gasteiger partial charge in [-0.1, -0.05) is 18.2 Å². The topological polar surface area (TPSA) is 89.2 Å². The molecule has 188 valence electrons. The number of rotatable bonds is 9. The Morgan fingerprint density at radius 2 is 2.00 bits per heavy atom. The average molecular weight is 491 g/mol. The summed E-state index contributed by atoms with van der Waals surface area (Å²) < 4.78 is 50.2. The summed E-state index contributed by atoms with van der Waals surface area (Å²) in [6.07, 6.45) is -1.68. The van der Waals surface area contributed by atoms with Crippen LogP contribution < -0.4 is 15.8 Å². The van der Waals surface area contributed by atoms with Crippen molar-refractivity contribution in [3.05, 3.63) is 71.4 Å². The fourth-order valence-electron chi connectivity index (χ4n) is 3.67. The zero-order valence-electron chi connectivity index (χ0n) is 19.5. The van der Waals surface area contributed by atoms with Crippen molar-refractivity contribution in [2.24, 2.45) is 10.7 Å². The van der Waals surface area contributed by atoms with E-state index in [9.17, 15) is 18.0 Å². The predicted octanol–water partition coefficient (Wildman–Crippen LogP) is 3.49. The molecule has 10 heteroatoms. The molecule has 0 unspecified atom stereocenters. The molecular weight excluding hydrogens is 461 g/mol. The molecule has 2 aromatic rings. The first-order valence-electron chi connectivity index (χ1n) is 11.2. The van der Waals surface area contributed by atoms with Crippen molar-refractivity contribution >= 4 is 17.3 Å². The van der Waals surface area contributed by atoms with Crippen LogP contribution in [0.25, 0.3) is 0 Å². The van der Waals surface area contributed by atoms with Crippen LogP contribution in [-0.2, 0) is 22.1 Å². The maximum atomic E-state index is 13.0. The number of hydrogen-bond acceptors (Lipinski definition) is 6. The molecule has 2 aromatic carbocycles. The second-order valence-electron chi connectivity index (χ2n) is 7.90. The number of hydrogen-bond donors (Lipinski definition) is 2. The SMILES string of the molecule is CN=C(C=CN)c1cc(NC(=O)Cc2cccc(C(F)(F)F)c2)ccc1OCCN1CCOCC1. The molecule has 0 aromatic heterocycles. The van der Waals surface area contributed by atoms with E-state index < -0.39 is 17.6 Å². The highest BCUT2D eigenvalue weighted by atomic mass is 19.4. The fourth-order valence-corrected chi connectivity index (χ4v) is 3.67. The standard InChI is InChI=1S/C25H29F3N4O3/c1-30-22(7-8-29)21-17-20(5-6-23(21)35-14-11-32-9-12-34-13-10-32)31-24(33)16-18-3-2-4-19(15-18)25(26,27)28/h2-8,15,17H,9-14,16,29H2,1H3,(H,31,33). The molecule has 0 radical (unpaired) electrons. The number of halogens is 3. The van der Waals surface area contributed by atoms with Crippen LogP contribution in [0.2, 0.25) is 0 Å². The minimum absolute atomic E-state index is 0.200. The first-order chi connectivity index (χ1) is 16.8. The van der Waals surface area contributed by atoms with Crippen LogP contribution in [0.3, 0.4) is 0 Å². The monoisotopic (exact) mass is 490 g/mol. The molecule has 0 aliphatic carbocycles. The number of nitrogens with one attached hydrogen (secondary N) is 1. The molecule has 1 fully saturated rings. The van der Waals surface area contributed by atoms with Crippen molar-refractivity contribution in [3.8, 4) is 5.75 Å². The molecule has 35 heavy (non-hydrogen) atoms. The summed E-state index contributed by atoms with van der Waals surface area (Å²) in [6, 6.07) is 9.83. The van der Waals surface area contributed by atoms with Gasteiger partial charge in [-0.05, 0) is 42.1 Å². The second-order valence-corrected chi connectivity index (χ2v) is 7.90. The molecule has 3 N–H and O–H groups in total. The molecule has 1 heterocycles. The van der Waals surface area contributed by atoms with Crippen molar-refractivity contribution in [2.75, 3.05) is 51.8 Å². The van der Waals surface area contributed by atoms with Gasteiger partial charge in [-0.25, -0.2) is 0 Å². The van der Waals surface area contributed by atoms with Crippen molar-refractivity contribution in [3.63, 3.8) is 0 Å². The van der Waals surface area contributed by atoms with E-state index in [2.05, 4.69) is 15.2 Å². The highest BCUT2D eigenvalue weighted by Crippen LogP contribution is 2.30. The number of carbonyl (C=O) groups is 1. The highest BCUT2D eigenvalue weighted by molar-refractivity contribution is 6.11. The van der Waals surface area contributed by atoms with Crippen LogP contribution in [0, 0.1) is 0 Å². The third-order valence-electron chi connectivity index (χ3n) is 5.42. The van der Waals surface area contributed by atoms with E-state index in [1.165, 1.54) is 18.3 Å². The van der Waals surface area contributed by atoms with Gasteiger partial charge in [0.15, 0.2) is 0 Å². The molecule has 0 bridgehead atoms. The van der Waals surface area contributed by atoms with Gasteiger partial charge in [0, 0.05) is 37.9 Å². The maximum absolute atomic E-state index is 13.0. The number of benzene rings is 2. The second kappa shape index (κ2) is 12.4. The fraction of sp³-hybridized carbons (Fsp3) is 0.360. The van der Waals surface area contributed by atoms with Crippen molar-refractivity contribution < 1.29 is 27.4 Å². The van der Waals surface area contributed by atoms with Gasteiger partial charge in [-0.2, -0.15) is 13.2 Å². The zero-order chi connectivity index (χ0) is 25.3. The summed E-state index contributed by atoms with van der Waals surface area (Å²) in [5, 5.41) is 2.74. The molecule has 0 spiro atoms. The van der Waals surface area contributed by atoms with Gasteiger partial charge >= 0.3 is 6.18 Å². The van der Waals surface area contributed by atoms with Crippen LogP contribution >= 0.6 is 0 Å². The summed E-state index contributed by atoms with van der Waals surface area (Å²) in [5.74, 6) is 0.133. The first kappa shape index (κ1) is 26.2. The number of morpholine rings is 1. The molecule has 3 rings (SSSR count). The zero-order valence-corrected chi connectivity index (χ0v) is 19.5. The Kier molecular flexibility index (Phi) is 9.27. The van der Waals surface area contributed by atoms with Gasteiger partial charge in [0.1, 0.15) is 12.4 Å². The lowest BCUT2D eigenvalue weighted by Crippen LogP contribution is -2.38. The maximum Gasteiger partial charge on any atom is 0.416 e. The van der Waals surface area contributed by atoms with E-state index in [-0.39, 0.29) is 12.0 Å². The number of nitrogens with two attached hydrogens (primary N) is 1. The Hall–Kier alpha value is -3.37. The van der Waals surface area contributed by atoms with Gasteiger partial charge in [-0.3, -0.25) is 14.7 Å². The largest absolute Gasteiger partial charge is 0.492 e. The van der Waals surface area contributed by atoms with E-state index in [4.69, 9.17) is 15.2 Å². The summed E-state index contributed by atoms with van der Waals surface area (Å²) in [5.41, 5.74) is 6.70. The Morgan fingerprint density at radius 1 is 1.23 bits per heavy atom. The van der Waals surface area contributed by atoms with Crippen LogP contribution in [-0.4, -0.2) is 63.0 Å². The quantitative estimate of drug-likeness (QED) is 0.526. The van der Waals surface area contributed by atoms with Crippen LogP contribution in [0.1, 0.15) is 16.7 Å². The summed E-state index contributed by atoms with van der Waals surface area (Å²) >= 11 is 0. The van der Waals surface area contributed by atoms with Gasteiger partial charge in [-0.15, -0.1) is 0 Å². The Morgan fingerprint density at radius 3 is 2.69 bits per heavy atom. The molecule has 1 aliphatic rings. The van der Waals surface area contributed by atoms with Gasteiger partial charge < -0.3 is 20.5 Å². The minimum Gasteiger partial charge on any atom is -0.492 e. The number of carbonyl (C=O) groups excluding carboxylic acids is 1. The molecule has 1 aliphatic heterocycles. The number of aliphatic imine (C=N–C) groups is 1. The van der Waals surface area contributed by atoms with Gasteiger partial charge in [0.25, 0.3) is 0 Å². The normalized spacial score (nSPS) is 15.4. The molecule has 7 nitrogen and oxygen atoms in total. The third kappa shape index (κ3) is 7.83. The number of alkyl halides is 3. The molecule has 0 saturated carbocycles. The van der Waals surface area contributed by atoms with E-state index in [0.29, 0.717) is 42.5 Å². The average Bonchev–Trinajstić information content (AvgIpc) is 2.83. The van der Waals surface area contributed by atoms with E-state index in [1.807, 2.05) is 0 Å². The lowest BCUT2D eigenvalue weighted by atomic mass is 10.1. The number of anilines is 1.